The second-order valence-electron chi connectivity index (χ2n) is 5.23. The molecular weight excluding hydrogens is 386 g/mol. The van der Waals surface area contributed by atoms with E-state index < -0.39 is 0 Å². The van der Waals surface area contributed by atoms with E-state index in [9.17, 15) is 4.79 Å². The van der Waals surface area contributed by atoms with Crippen molar-refractivity contribution < 1.29 is 35.9 Å². The third-order valence-electron chi connectivity index (χ3n) is 1.32. The number of ketones is 1. The van der Waals surface area contributed by atoms with E-state index in [4.69, 9.17) is 0 Å². The zero-order chi connectivity index (χ0) is 9.99. The molecule has 0 amide bonds. The van der Waals surface area contributed by atoms with Gasteiger partial charge in [-0.15, -0.1) is 0 Å². The minimum absolute atomic E-state index is 0. The molecule has 0 N–H and O–H groups in total. The molecular formula is C11H19OU-. The van der Waals surface area contributed by atoms with Gasteiger partial charge < -0.3 is 10.9 Å². The predicted octanol–water partition coefficient (Wildman–Crippen LogP) is 3.01. The first-order chi connectivity index (χ1) is 5.13. The Morgan fingerprint density at radius 1 is 1.08 bits per heavy atom. The molecule has 2 heteroatoms. The summed E-state index contributed by atoms with van der Waals surface area (Å²) in [7, 11) is 0. The summed E-state index contributed by atoms with van der Waals surface area (Å²) in [5.41, 5.74) is -0.261. The fourth-order valence-electron chi connectivity index (χ4n) is 0.499. The van der Waals surface area contributed by atoms with Gasteiger partial charge in [0.15, 0.2) is 0 Å². The Balaban J connectivity index is 0. The van der Waals surface area contributed by atoms with Crippen LogP contribution in [-0.2, 0) is 4.79 Å². The summed E-state index contributed by atoms with van der Waals surface area (Å²) in [4.78, 5) is 11.4. The summed E-state index contributed by atoms with van der Waals surface area (Å²) >= 11 is 0. The largest absolute Gasteiger partial charge is 0.430 e. The van der Waals surface area contributed by atoms with E-state index >= 15 is 0 Å². The van der Waals surface area contributed by atoms with Crippen LogP contribution in [0.5, 0.6) is 0 Å². The zero-order valence-electron chi connectivity index (χ0n) is 9.49. The van der Waals surface area contributed by atoms with Crippen LogP contribution in [0.15, 0.2) is 6.08 Å². The molecule has 0 radical (unpaired) electrons. The van der Waals surface area contributed by atoms with Crippen LogP contribution in [-0.4, -0.2) is 5.78 Å². The van der Waals surface area contributed by atoms with E-state index in [-0.39, 0.29) is 47.7 Å². The van der Waals surface area contributed by atoms with E-state index in [1.54, 1.807) is 0 Å². The normalized spacial score (nSPS) is 12.8. The molecule has 0 aliphatic rings. The Hall–Kier alpha value is 0.462. The second kappa shape index (κ2) is 5.37. The van der Waals surface area contributed by atoms with Crippen LogP contribution in [0.25, 0.3) is 0 Å². The van der Waals surface area contributed by atoms with Crippen molar-refractivity contribution in [2.24, 2.45) is 10.8 Å². The second-order valence-corrected chi connectivity index (χ2v) is 5.23. The maximum Gasteiger partial charge on any atom is 0 e. The number of carbonyl (C=O) groups excluding carboxylic acids is 1. The molecule has 0 aromatic rings. The molecule has 0 aromatic heterocycles. The smallest absolute Gasteiger partial charge is 0 e. The molecule has 0 heterocycles. The zero-order valence-corrected chi connectivity index (χ0v) is 13.6. The Bertz CT molecular complexity index is 191. The van der Waals surface area contributed by atoms with E-state index in [0.717, 1.165) is 0 Å². The Labute approximate surface area is 106 Å². The van der Waals surface area contributed by atoms with Crippen LogP contribution in [0.2, 0.25) is 0 Å². The quantitative estimate of drug-likeness (QED) is 0.484. The summed E-state index contributed by atoms with van der Waals surface area (Å²) in [5.74, 6) is 0.0671. The van der Waals surface area contributed by atoms with Crippen molar-refractivity contribution in [1.29, 1.82) is 0 Å². The van der Waals surface area contributed by atoms with Crippen molar-refractivity contribution >= 4 is 5.78 Å². The molecule has 0 aliphatic heterocycles. The summed E-state index contributed by atoms with van der Waals surface area (Å²) in [6, 6.07) is 0. The molecule has 0 unspecified atom stereocenters. The molecule has 0 aromatic carbocycles. The van der Waals surface area contributed by atoms with Gasteiger partial charge in [-0.2, -0.15) is 0 Å². The van der Waals surface area contributed by atoms with Crippen molar-refractivity contribution in [2.75, 3.05) is 0 Å². The van der Waals surface area contributed by atoms with Gasteiger partial charge in [0.1, 0.15) is 0 Å². The van der Waals surface area contributed by atoms with Gasteiger partial charge in [0.2, 0.25) is 0 Å². The maximum atomic E-state index is 11.4. The molecule has 0 aliphatic carbocycles. The van der Waals surface area contributed by atoms with Crippen LogP contribution >= 0.6 is 0 Å². The molecule has 74 valence electrons. The third kappa shape index (κ3) is 8.78. The van der Waals surface area contributed by atoms with Crippen LogP contribution in [0.3, 0.4) is 0 Å². The van der Waals surface area contributed by atoms with Gasteiger partial charge in [-0.05, 0) is 11.2 Å². The minimum atomic E-state index is -0.304. The number of hydrogen-bond donors (Lipinski definition) is 0. The molecule has 1 nitrogen and oxygen atoms in total. The molecule has 0 fully saturated rings. The van der Waals surface area contributed by atoms with Crippen molar-refractivity contribution in [1.82, 2.24) is 0 Å². The van der Waals surface area contributed by atoms with Gasteiger partial charge in [-0.25, -0.2) is 0 Å². The molecule has 0 saturated carbocycles. The van der Waals surface area contributed by atoms with Gasteiger partial charge in [-0.1, -0.05) is 47.0 Å². The maximum absolute atomic E-state index is 11.4. The number of rotatable bonds is 1. The monoisotopic (exact) mass is 405 g/mol. The van der Waals surface area contributed by atoms with Gasteiger partial charge in [0.25, 0.3) is 0 Å². The SMILES string of the molecule is CC(C)(C)C=[C-]C(=O)C(C)(C)C.[U]. The number of carbonyl (C=O) groups is 1. The fourth-order valence-corrected chi connectivity index (χ4v) is 0.499. The van der Waals surface area contributed by atoms with Gasteiger partial charge in [-0.3, -0.25) is 6.08 Å². The van der Waals surface area contributed by atoms with E-state index in [1.165, 1.54) is 0 Å². The molecule has 0 bridgehead atoms. The van der Waals surface area contributed by atoms with E-state index in [2.05, 4.69) is 26.8 Å². The van der Waals surface area contributed by atoms with Crippen LogP contribution < -0.4 is 0 Å². The van der Waals surface area contributed by atoms with Crippen molar-refractivity contribution in [3.63, 3.8) is 0 Å². The van der Waals surface area contributed by atoms with Crippen molar-refractivity contribution in [2.45, 2.75) is 41.5 Å². The molecule has 0 rings (SSSR count). The third-order valence-corrected chi connectivity index (χ3v) is 1.32. The first kappa shape index (κ1) is 15.9. The predicted molar refractivity (Wildman–Crippen MR) is 51.7 cm³/mol. The summed E-state index contributed by atoms with van der Waals surface area (Å²) in [6.07, 6.45) is 4.63. The number of Topliss-reactive ketones (excluding diaryl/α,β-unsaturated/α-hetero) is 1. The van der Waals surface area contributed by atoms with Crippen LogP contribution in [0.1, 0.15) is 41.5 Å². The Morgan fingerprint density at radius 3 is 1.69 bits per heavy atom. The molecule has 0 saturated heterocycles. The van der Waals surface area contributed by atoms with E-state index in [0.29, 0.717) is 0 Å². The van der Waals surface area contributed by atoms with Gasteiger partial charge >= 0.3 is 0 Å². The Kier molecular flexibility index (Phi) is 6.57. The van der Waals surface area contributed by atoms with E-state index in [1.807, 2.05) is 26.8 Å². The standard InChI is InChI=1S/C11H19O.U/c1-10(2,3)8-7-9(12)11(4,5)6;/h8H,1-6H3;/q-1;. The minimum Gasteiger partial charge on any atom is -0.430 e. The molecule has 13 heavy (non-hydrogen) atoms. The first-order valence-electron chi connectivity index (χ1n) is 4.28. The fraction of sp³-hybridized carbons (Fsp3) is 0.727. The molecule has 0 spiro atoms. The Morgan fingerprint density at radius 2 is 1.46 bits per heavy atom. The molecule has 0 atom stereocenters. The number of hydrogen-bond acceptors (Lipinski definition) is 1. The summed E-state index contributed by atoms with van der Waals surface area (Å²) in [5, 5.41) is 0. The van der Waals surface area contributed by atoms with Gasteiger partial charge in [0.05, 0.1) is 0 Å². The number of allylic oxidation sites excluding steroid dienone is 2. The average molecular weight is 405 g/mol. The van der Waals surface area contributed by atoms with Gasteiger partial charge in [0, 0.05) is 31.1 Å². The first-order valence-corrected chi connectivity index (χ1v) is 4.28. The van der Waals surface area contributed by atoms with Crippen LogP contribution in [0, 0.1) is 48.0 Å². The summed E-state index contributed by atoms with van der Waals surface area (Å²) in [6.45, 7) is 11.9. The van der Waals surface area contributed by atoms with Crippen LogP contribution in [0.4, 0.5) is 0 Å². The van der Waals surface area contributed by atoms with Crippen molar-refractivity contribution in [3.8, 4) is 0 Å². The topological polar surface area (TPSA) is 17.1 Å². The average Bonchev–Trinajstić information content (AvgIpc) is 1.78. The van der Waals surface area contributed by atoms with Crippen molar-refractivity contribution in [3.05, 3.63) is 12.2 Å². The summed E-state index contributed by atoms with van der Waals surface area (Å²) < 4.78 is 0.